The smallest absolute Gasteiger partial charge is 0.155 e. The molecule has 108 valence electrons. The van der Waals surface area contributed by atoms with Gasteiger partial charge in [0.05, 0.1) is 5.56 Å². The second-order valence-corrected chi connectivity index (χ2v) is 4.16. The van der Waals surface area contributed by atoms with Gasteiger partial charge in [0, 0.05) is 7.05 Å². The lowest BCUT2D eigenvalue weighted by Crippen LogP contribution is -2.28. The van der Waals surface area contributed by atoms with Crippen molar-refractivity contribution in [2.75, 3.05) is 14.2 Å². The van der Waals surface area contributed by atoms with Gasteiger partial charge >= 0.3 is 0 Å². The first-order valence-electron chi connectivity index (χ1n) is 6.46. The molecule has 0 saturated carbocycles. The maximum Gasteiger partial charge on any atom is 0.155 e. The summed E-state index contributed by atoms with van der Waals surface area (Å²) in [4.78, 5) is 4.84. The summed E-state index contributed by atoms with van der Waals surface area (Å²) < 4.78 is 5.87. The molecule has 0 aromatic heterocycles. The van der Waals surface area contributed by atoms with Gasteiger partial charge in [0.2, 0.25) is 0 Å². The number of benzene rings is 2. The summed E-state index contributed by atoms with van der Waals surface area (Å²) in [5, 5.41) is 14.6. The second kappa shape index (κ2) is 7.09. The molecule has 0 aliphatic heterocycles. The van der Waals surface area contributed by atoms with E-state index in [0.29, 0.717) is 17.0 Å². The van der Waals surface area contributed by atoms with Gasteiger partial charge in [-0.2, -0.15) is 0 Å². The lowest BCUT2D eigenvalue weighted by Gasteiger charge is -2.13. The van der Waals surface area contributed by atoms with Gasteiger partial charge in [-0.25, -0.2) is 0 Å². The molecule has 0 heterocycles. The largest absolute Gasteiger partial charge is 0.457 e. The van der Waals surface area contributed by atoms with E-state index in [0.717, 1.165) is 5.75 Å². The Labute approximate surface area is 123 Å². The van der Waals surface area contributed by atoms with Gasteiger partial charge in [0.15, 0.2) is 5.71 Å². The number of para-hydroxylation sites is 2. The first-order valence-corrected chi connectivity index (χ1v) is 6.46. The van der Waals surface area contributed by atoms with E-state index in [9.17, 15) is 0 Å². The molecule has 0 spiro atoms. The molecule has 0 unspecified atom stereocenters. The molecule has 0 aliphatic rings. The Hall–Kier alpha value is -2.82. The molecular formula is C16H17N3O2. The van der Waals surface area contributed by atoms with Crippen LogP contribution >= 0.6 is 0 Å². The molecule has 2 rings (SSSR count). The van der Waals surface area contributed by atoms with E-state index in [-0.39, 0.29) is 5.84 Å². The summed E-state index contributed by atoms with van der Waals surface area (Å²) in [5.74, 6) is 1.48. The van der Waals surface area contributed by atoms with Gasteiger partial charge in [-0.1, -0.05) is 35.5 Å². The van der Waals surface area contributed by atoms with Gasteiger partial charge in [-0.05, 0) is 24.3 Å². The topological polar surface area (TPSA) is 66.7 Å². The summed E-state index contributed by atoms with van der Waals surface area (Å²) in [6, 6.07) is 16.9. The van der Waals surface area contributed by atoms with Crippen LogP contribution in [0.5, 0.6) is 11.5 Å². The van der Waals surface area contributed by atoms with E-state index in [1.807, 2.05) is 54.6 Å². The number of nitrogens with one attached hydrogen (secondary N) is 2. The fourth-order valence-corrected chi connectivity index (χ4v) is 1.81. The monoisotopic (exact) mass is 283 g/mol. The molecular weight excluding hydrogens is 266 g/mol. The Morgan fingerprint density at radius 3 is 2.38 bits per heavy atom. The van der Waals surface area contributed by atoms with Crippen LogP contribution in [0.2, 0.25) is 0 Å². The van der Waals surface area contributed by atoms with Crippen molar-refractivity contribution in [2.45, 2.75) is 0 Å². The predicted molar refractivity (Wildman–Crippen MR) is 83.3 cm³/mol. The van der Waals surface area contributed by atoms with E-state index in [2.05, 4.69) is 10.5 Å². The summed E-state index contributed by atoms with van der Waals surface area (Å²) in [5.41, 5.74) is 1.06. The minimum absolute atomic E-state index is 0.154. The molecule has 0 fully saturated rings. The summed E-state index contributed by atoms with van der Waals surface area (Å²) in [6.45, 7) is 0. The zero-order chi connectivity index (χ0) is 15.1. The lowest BCUT2D eigenvalue weighted by molar-refractivity contribution is 0.214. The SMILES string of the molecule is CNC(=N)C(=NOC)c1ccccc1Oc1ccccc1. The minimum Gasteiger partial charge on any atom is -0.457 e. The first-order chi connectivity index (χ1) is 10.3. The molecule has 0 radical (unpaired) electrons. The highest BCUT2D eigenvalue weighted by Gasteiger charge is 2.15. The molecule has 5 heteroatoms. The van der Waals surface area contributed by atoms with Crippen LogP contribution in [0, 0.1) is 5.41 Å². The van der Waals surface area contributed by atoms with Crippen molar-refractivity contribution in [3.8, 4) is 11.5 Å². The average Bonchev–Trinajstić information content (AvgIpc) is 2.54. The molecule has 21 heavy (non-hydrogen) atoms. The summed E-state index contributed by atoms with van der Waals surface area (Å²) in [7, 11) is 3.11. The number of hydrogen-bond acceptors (Lipinski definition) is 4. The quantitative estimate of drug-likeness (QED) is 0.503. The van der Waals surface area contributed by atoms with E-state index < -0.39 is 0 Å². The highest BCUT2D eigenvalue weighted by molar-refractivity contribution is 6.46. The van der Waals surface area contributed by atoms with Crippen molar-refractivity contribution in [2.24, 2.45) is 5.16 Å². The molecule has 0 aliphatic carbocycles. The molecule has 0 bridgehead atoms. The van der Waals surface area contributed by atoms with Crippen molar-refractivity contribution in [3.63, 3.8) is 0 Å². The number of ether oxygens (including phenoxy) is 1. The van der Waals surface area contributed by atoms with Gasteiger partial charge in [0.25, 0.3) is 0 Å². The maximum absolute atomic E-state index is 7.93. The van der Waals surface area contributed by atoms with Crippen LogP contribution in [-0.2, 0) is 4.84 Å². The highest BCUT2D eigenvalue weighted by atomic mass is 16.6. The summed E-state index contributed by atoms with van der Waals surface area (Å²) in [6.07, 6.45) is 0. The zero-order valence-corrected chi connectivity index (χ0v) is 12.0. The average molecular weight is 283 g/mol. The Bertz CT molecular complexity index is 639. The normalized spacial score (nSPS) is 10.9. The molecule has 0 saturated heterocycles. The fourth-order valence-electron chi connectivity index (χ4n) is 1.81. The van der Waals surface area contributed by atoms with Crippen molar-refractivity contribution in [1.29, 1.82) is 5.41 Å². The number of likely N-dealkylation sites (N-methyl/N-ethyl adjacent to an activating group) is 1. The van der Waals surface area contributed by atoms with Crippen LogP contribution in [0.1, 0.15) is 5.56 Å². The molecule has 5 nitrogen and oxygen atoms in total. The Morgan fingerprint density at radius 2 is 1.71 bits per heavy atom. The standard InChI is InChI=1S/C16H17N3O2/c1-18-16(17)15(19-20-2)13-10-6-7-11-14(13)21-12-8-4-3-5-9-12/h3-11H,1-2H3,(H2,17,18). The number of hydrogen-bond donors (Lipinski definition) is 2. The van der Waals surface area contributed by atoms with E-state index in [4.69, 9.17) is 15.0 Å². The Balaban J connectivity index is 2.40. The van der Waals surface area contributed by atoms with Crippen LogP contribution in [0.3, 0.4) is 0 Å². The van der Waals surface area contributed by atoms with E-state index in [1.165, 1.54) is 7.11 Å². The van der Waals surface area contributed by atoms with Crippen molar-refractivity contribution in [3.05, 3.63) is 60.2 Å². The fraction of sp³-hybridized carbons (Fsp3) is 0.125. The van der Waals surface area contributed by atoms with E-state index in [1.54, 1.807) is 7.05 Å². The van der Waals surface area contributed by atoms with Crippen molar-refractivity contribution < 1.29 is 9.57 Å². The third-order valence-corrected chi connectivity index (χ3v) is 2.78. The van der Waals surface area contributed by atoms with Gasteiger partial charge in [-0.15, -0.1) is 0 Å². The van der Waals surface area contributed by atoms with Crippen LogP contribution in [0.4, 0.5) is 0 Å². The van der Waals surface area contributed by atoms with Crippen LogP contribution in [-0.4, -0.2) is 25.7 Å². The molecule has 2 N–H and O–H groups in total. The zero-order valence-electron chi connectivity index (χ0n) is 12.0. The van der Waals surface area contributed by atoms with Crippen molar-refractivity contribution in [1.82, 2.24) is 5.32 Å². The number of oxime groups is 1. The number of rotatable bonds is 5. The second-order valence-electron chi connectivity index (χ2n) is 4.16. The molecule has 0 atom stereocenters. The lowest BCUT2D eigenvalue weighted by atomic mass is 10.1. The number of amidine groups is 1. The van der Waals surface area contributed by atoms with E-state index >= 15 is 0 Å². The number of nitrogens with zero attached hydrogens (tertiary/aromatic N) is 1. The minimum atomic E-state index is 0.154. The molecule has 2 aromatic rings. The Morgan fingerprint density at radius 1 is 1.05 bits per heavy atom. The van der Waals surface area contributed by atoms with Crippen LogP contribution in [0.15, 0.2) is 59.8 Å². The predicted octanol–water partition coefficient (Wildman–Crippen LogP) is 3.03. The highest BCUT2D eigenvalue weighted by Crippen LogP contribution is 2.25. The van der Waals surface area contributed by atoms with Gasteiger partial charge < -0.3 is 14.9 Å². The third kappa shape index (κ3) is 3.60. The summed E-state index contributed by atoms with van der Waals surface area (Å²) >= 11 is 0. The van der Waals surface area contributed by atoms with Crippen LogP contribution in [0.25, 0.3) is 0 Å². The van der Waals surface area contributed by atoms with Crippen LogP contribution < -0.4 is 10.1 Å². The molecule has 0 amide bonds. The van der Waals surface area contributed by atoms with Gasteiger partial charge in [0.1, 0.15) is 24.4 Å². The Kier molecular flexibility index (Phi) is 4.93. The van der Waals surface area contributed by atoms with Crippen molar-refractivity contribution >= 4 is 11.5 Å². The molecule has 2 aromatic carbocycles. The first kappa shape index (κ1) is 14.6. The maximum atomic E-state index is 7.93. The van der Waals surface area contributed by atoms with Gasteiger partial charge in [-0.3, -0.25) is 5.41 Å². The third-order valence-electron chi connectivity index (χ3n) is 2.78.